The normalized spacial score (nSPS) is 10.8. The zero-order chi connectivity index (χ0) is 24.6. The molecule has 0 aliphatic carbocycles. The molecule has 10 nitrogen and oxygen atoms in total. The number of amides is 1. The highest BCUT2D eigenvalue weighted by molar-refractivity contribution is 6.02. The van der Waals surface area contributed by atoms with E-state index in [2.05, 4.69) is 25.4 Å². The first kappa shape index (κ1) is 23.4. The van der Waals surface area contributed by atoms with Crippen LogP contribution in [-0.4, -0.2) is 47.3 Å². The third kappa shape index (κ3) is 5.61. The van der Waals surface area contributed by atoms with Crippen molar-refractivity contribution in [2.75, 3.05) is 26.6 Å². The Morgan fingerprint density at radius 1 is 1.06 bits per heavy atom. The van der Waals surface area contributed by atoms with Crippen LogP contribution in [0.15, 0.2) is 65.6 Å². The molecule has 2 heterocycles. The summed E-state index contributed by atoms with van der Waals surface area (Å²) < 4.78 is 21.4. The second-order valence-corrected chi connectivity index (χ2v) is 7.22. The number of nitrogens with zero attached hydrogens (tertiary/aromatic N) is 4. The van der Waals surface area contributed by atoms with E-state index >= 15 is 0 Å². The van der Waals surface area contributed by atoms with Gasteiger partial charge in [-0.1, -0.05) is 23.4 Å². The summed E-state index contributed by atoms with van der Waals surface area (Å²) in [5, 5.41) is 6.85. The monoisotopic (exact) mass is 473 g/mol. The average molecular weight is 473 g/mol. The third-order valence-electron chi connectivity index (χ3n) is 4.99. The highest BCUT2D eigenvalue weighted by Crippen LogP contribution is 2.38. The van der Waals surface area contributed by atoms with E-state index in [1.807, 2.05) is 18.2 Å². The number of rotatable bonds is 9. The molecule has 0 fully saturated rings. The van der Waals surface area contributed by atoms with Crippen LogP contribution in [0, 0.1) is 0 Å². The largest absolute Gasteiger partial charge is 0.493 e. The molecule has 0 saturated carbocycles. The van der Waals surface area contributed by atoms with Crippen LogP contribution >= 0.6 is 0 Å². The molecular weight excluding hydrogens is 450 g/mol. The third-order valence-corrected chi connectivity index (χ3v) is 4.99. The van der Waals surface area contributed by atoms with Crippen molar-refractivity contribution in [1.82, 2.24) is 20.1 Å². The van der Waals surface area contributed by atoms with Crippen molar-refractivity contribution in [2.24, 2.45) is 0 Å². The van der Waals surface area contributed by atoms with Gasteiger partial charge in [0.25, 0.3) is 0 Å². The standard InChI is InChI=1S/C25H23N5O5/c1-32-20-12-16(13-21(33-2)24(20)34-3)8-9-22(31)28-18-7-5-4-6-17(18)14-23-29-25(30-35-23)19-15-26-10-11-27-19/h4-13,15H,14H2,1-3H3,(H,28,31)/b9-8+. The topological polar surface area (TPSA) is 121 Å². The van der Waals surface area contributed by atoms with Gasteiger partial charge in [-0.05, 0) is 35.4 Å². The molecule has 2 aromatic heterocycles. The van der Waals surface area contributed by atoms with Gasteiger partial charge in [-0.25, -0.2) is 4.98 Å². The van der Waals surface area contributed by atoms with E-state index in [9.17, 15) is 4.79 Å². The highest BCUT2D eigenvalue weighted by atomic mass is 16.5. The molecule has 35 heavy (non-hydrogen) atoms. The minimum atomic E-state index is -0.308. The lowest BCUT2D eigenvalue weighted by molar-refractivity contribution is -0.111. The highest BCUT2D eigenvalue weighted by Gasteiger charge is 2.14. The first-order chi connectivity index (χ1) is 17.1. The molecular formula is C25H23N5O5. The number of aromatic nitrogens is 4. The van der Waals surface area contributed by atoms with Crippen LogP contribution in [0.1, 0.15) is 17.0 Å². The van der Waals surface area contributed by atoms with E-state index in [1.54, 1.807) is 42.9 Å². The number of methoxy groups -OCH3 is 3. The number of nitrogens with one attached hydrogen (secondary N) is 1. The fourth-order valence-electron chi connectivity index (χ4n) is 3.35. The summed E-state index contributed by atoms with van der Waals surface area (Å²) >= 11 is 0. The van der Waals surface area contributed by atoms with Crippen LogP contribution in [0.25, 0.3) is 17.6 Å². The second kappa shape index (κ2) is 10.9. The number of anilines is 1. The maximum atomic E-state index is 12.7. The van der Waals surface area contributed by atoms with Crippen LogP contribution < -0.4 is 19.5 Å². The maximum Gasteiger partial charge on any atom is 0.248 e. The minimum Gasteiger partial charge on any atom is -0.493 e. The van der Waals surface area contributed by atoms with Gasteiger partial charge in [-0.2, -0.15) is 4.98 Å². The number of benzene rings is 2. The Morgan fingerprint density at radius 3 is 2.51 bits per heavy atom. The van der Waals surface area contributed by atoms with Crippen molar-refractivity contribution in [3.63, 3.8) is 0 Å². The van der Waals surface area contributed by atoms with Gasteiger partial charge in [0.2, 0.25) is 23.4 Å². The molecule has 0 aliphatic heterocycles. The van der Waals surface area contributed by atoms with Crippen LogP contribution in [0.5, 0.6) is 17.2 Å². The Morgan fingerprint density at radius 2 is 1.83 bits per heavy atom. The molecule has 0 atom stereocenters. The van der Waals surface area contributed by atoms with Gasteiger partial charge >= 0.3 is 0 Å². The Balaban J connectivity index is 1.48. The molecule has 178 valence electrons. The molecule has 4 rings (SSSR count). The van der Waals surface area contributed by atoms with E-state index in [0.717, 1.165) is 5.56 Å². The predicted octanol–water partition coefficient (Wildman–Crippen LogP) is 3.80. The molecule has 1 amide bonds. The van der Waals surface area contributed by atoms with E-state index in [0.29, 0.717) is 52.3 Å². The molecule has 0 saturated heterocycles. The van der Waals surface area contributed by atoms with E-state index < -0.39 is 0 Å². The smallest absolute Gasteiger partial charge is 0.248 e. The van der Waals surface area contributed by atoms with Crippen molar-refractivity contribution >= 4 is 17.7 Å². The van der Waals surface area contributed by atoms with Crippen LogP contribution in [0.2, 0.25) is 0 Å². The predicted molar refractivity (Wildman–Crippen MR) is 128 cm³/mol. The van der Waals surface area contributed by atoms with Crippen LogP contribution in [0.3, 0.4) is 0 Å². The fraction of sp³-hybridized carbons (Fsp3) is 0.160. The quantitative estimate of drug-likeness (QED) is 0.362. The SMILES string of the molecule is COc1cc(/C=C/C(=O)Nc2ccccc2Cc2nc(-c3cnccn3)no2)cc(OC)c1OC. The first-order valence-electron chi connectivity index (χ1n) is 10.6. The summed E-state index contributed by atoms with van der Waals surface area (Å²) in [5.41, 5.74) is 2.68. The van der Waals surface area contributed by atoms with Gasteiger partial charge in [-0.3, -0.25) is 9.78 Å². The Kier molecular flexibility index (Phi) is 7.31. The van der Waals surface area contributed by atoms with Gasteiger partial charge in [0, 0.05) is 24.2 Å². The number of hydrogen-bond donors (Lipinski definition) is 1. The molecule has 10 heteroatoms. The maximum absolute atomic E-state index is 12.7. The zero-order valence-corrected chi connectivity index (χ0v) is 19.4. The number of hydrogen-bond acceptors (Lipinski definition) is 9. The summed E-state index contributed by atoms with van der Waals surface area (Å²) in [7, 11) is 4.60. The molecule has 0 aliphatic rings. The molecule has 4 aromatic rings. The van der Waals surface area contributed by atoms with Gasteiger partial charge < -0.3 is 24.1 Å². The number of carbonyl (C=O) groups is 1. The molecule has 0 bridgehead atoms. The fourth-order valence-corrected chi connectivity index (χ4v) is 3.35. The van der Waals surface area contributed by atoms with Crippen molar-refractivity contribution in [3.8, 4) is 28.8 Å². The van der Waals surface area contributed by atoms with Crippen LogP contribution in [0.4, 0.5) is 5.69 Å². The zero-order valence-electron chi connectivity index (χ0n) is 19.4. The number of carbonyl (C=O) groups excluding carboxylic acids is 1. The van der Waals surface area contributed by atoms with Crippen molar-refractivity contribution in [3.05, 3.63) is 78.1 Å². The van der Waals surface area contributed by atoms with Gasteiger partial charge in [0.15, 0.2) is 11.5 Å². The molecule has 0 radical (unpaired) electrons. The molecule has 0 spiro atoms. The lowest BCUT2D eigenvalue weighted by Crippen LogP contribution is -2.10. The number of ether oxygens (including phenoxy) is 3. The Bertz CT molecular complexity index is 1310. The number of para-hydroxylation sites is 1. The first-order valence-corrected chi connectivity index (χ1v) is 10.6. The molecule has 2 aromatic carbocycles. The van der Waals surface area contributed by atoms with Crippen molar-refractivity contribution in [2.45, 2.75) is 6.42 Å². The molecule has 1 N–H and O–H groups in total. The Labute approximate surface area is 201 Å². The van der Waals surface area contributed by atoms with E-state index in [1.165, 1.54) is 27.4 Å². The Hall–Kier alpha value is -4.73. The van der Waals surface area contributed by atoms with Gasteiger partial charge in [0.05, 0.1) is 33.9 Å². The van der Waals surface area contributed by atoms with E-state index in [4.69, 9.17) is 18.7 Å². The van der Waals surface area contributed by atoms with E-state index in [-0.39, 0.29) is 5.91 Å². The van der Waals surface area contributed by atoms with Crippen molar-refractivity contribution in [1.29, 1.82) is 0 Å². The van der Waals surface area contributed by atoms with Gasteiger partial charge in [-0.15, -0.1) is 0 Å². The van der Waals surface area contributed by atoms with Crippen molar-refractivity contribution < 1.29 is 23.5 Å². The summed E-state index contributed by atoms with van der Waals surface area (Å²) in [6, 6.07) is 10.9. The van der Waals surface area contributed by atoms with Gasteiger partial charge in [0.1, 0.15) is 5.69 Å². The lowest BCUT2D eigenvalue weighted by atomic mass is 10.1. The summed E-state index contributed by atoms with van der Waals surface area (Å²) in [5.74, 6) is 1.91. The minimum absolute atomic E-state index is 0.308. The average Bonchev–Trinajstić information content (AvgIpc) is 3.37. The summed E-state index contributed by atoms with van der Waals surface area (Å²) in [4.78, 5) is 25.2. The molecule has 0 unspecified atom stereocenters. The summed E-state index contributed by atoms with van der Waals surface area (Å²) in [6.45, 7) is 0. The lowest BCUT2D eigenvalue weighted by Gasteiger charge is -2.12. The second-order valence-electron chi connectivity index (χ2n) is 7.22. The summed E-state index contributed by atoms with van der Waals surface area (Å²) in [6.07, 6.45) is 8.11. The van der Waals surface area contributed by atoms with Crippen LogP contribution in [-0.2, 0) is 11.2 Å².